The molecule has 2 rings (SSSR count). The highest BCUT2D eigenvalue weighted by atomic mass is 16.7. The molecule has 1 aromatic rings. The van der Waals surface area contributed by atoms with E-state index in [9.17, 15) is 4.79 Å². The van der Waals surface area contributed by atoms with E-state index in [1.165, 1.54) is 10.6 Å². The highest BCUT2D eigenvalue weighted by Gasteiger charge is 2.32. The quantitative estimate of drug-likeness (QED) is 0.831. The summed E-state index contributed by atoms with van der Waals surface area (Å²) < 4.78 is 0. The maximum absolute atomic E-state index is 11.6. The van der Waals surface area contributed by atoms with Crippen LogP contribution in [-0.4, -0.2) is 17.1 Å². The normalized spacial score (nSPS) is 20.4. The van der Waals surface area contributed by atoms with Crippen molar-refractivity contribution in [3.63, 3.8) is 0 Å². The van der Waals surface area contributed by atoms with E-state index in [4.69, 9.17) is 4.84 Å². The summed E-state index contributed by atoms with van der Waals surface area (Å²) in [5, 5.41) is 4.15. The maximum atomic E-state index is 11.6. The number of nitrogens with zero attached hydrogens (tertiary/aromatic N) is 1. The number of urea groups is 1. The van der Waals surface area contributed by atoms with Crippen molar-refractivity contribution in [2.45, 2.75) is 33.0 Å². The van der Waals surface area contributed by atoms with Crippen molar-refractivity contribution >= 4 is 6.03 Å². The van der Waals surface area contributed by atoms with Gasteiger partial charge in [-0.05, 0) is 20.8 Å². The lowest BCUT2D eigenvalue weighted by Crippen LogP contribution is -2.33. The first kappa shape index (κ1) is 11.0. The summed E-state index contributed by atoms with van der Waals surface area (Å²) in [7, 11) is 0. The molecule has 2 amide bonds. The SMILES string of the molecule is Cc1ccc(C2NC(=O)N(C(C)C)O2)cc1. The lowest BCUT2D eigenvalue weighted by Gasteiger charge is -2.17. The highest BCUT2D eigenvalue weighted by molar-refractivity contribution is 5.75. The molecule has 4 heteroatoms. The van der Waals surface area contributed by atoms with Crippen LogP contribution in [0.15, 0.2) is 24.3 Å². The van der Waals surface area contributed by atoms with Gasteiger partial charge in [0, 0.05) is 5.56 Å². The Hall–Kier alpha value is -1.55. The van der Waals surface area contributed by atoms with Crippen molar-refractivity contribution in [1.82, 2.24) is 10.4 Å². The Morgan fingerprint density at radius 1 is 1.31 bits per heavy atom. The van der Waals surface area contributed by atoms with Gasteiger partial charge < -0.3 is 5.32 Å². The third-order valence-corrected chi connectivity index (χ3v) is 2.52. The summed E-state index contributed by atoms with van der Waals surface area (Å²) in [6, 6.07) is 7.79. The van der Waals surface area contributed by atoms with Crippen molar-refractivity contribution in [2.24, 2.45) is 0 Å². The third kappa shape index (κ3) is 2.02. The van der Waals surface area contributed by atoms with Crippen molar-refractivity contribution < 1.29 is 9.63 Å². The van der Waals surface area contributed by atoms with E-state index >= 15 is 0 Å². The highest BCUT2D eigenvalue weighted by Crippen LogP contribution is 2.23. The second-order valence-corrected chi connectivity index (χ2v) is 4.27. The number of carbonyl (C=O) groups is 1. The Balaban J connectivity index is 2.13. The van der Waals surface area contributed by atoms with Crippen LogP contribution in [0.3, 0.4) is 0 Å². The molecule has 0 aromatic heterocycles. The van der Waals surface area contributed by atoms with Crippen LogP contribution in [0.2, 0.25) is 0 Å². The smallest absolute Gasteiger partial charge is 0.305 e. The van der Waals surface area contributed by atoms with Gasteiger partial charge in [0.25, 0.3) is 0 Å². The van der Waals surface area contributed by atoms with E-state index in [1.807, 2.05) is 45.0 Å². The van der Waals surface area contributed by atoms with Gasteiger partial charge in [-0.25, -0.2) is 9.63 Å². The van der Waals surface area contributed by atoms with Crippen LogP contribution in [0.25, 0.3) is 0 Å². The summed E-state index contributed by atoms with van der Waals surface area (Å²) in [4.78, 5) is 17.1. The fourth-order valence-electron chi connectivity index (χ4n) is 1.61. The third-order valence-electron chi connectivity index (χ3n) is 2.52. The number of nitrogens with one attached hydrogen (secondary N) is 1. The molecule has 1 heterocycles. The molecule has 1 aromatic carbocycles. The number of hydrogen-bond donors (Lipinski definition) is 1. The van der Waals surface area contributed by atoms with Gasteiger partial charge in [-0.3, -0.25) is 0 Å². The minimum atomic E-state index is -0.365. The van der Waals surface area contributed by atoms with Crippen LogP contribution in [0.4, 0.5) is 4.79 Å². The van der Waals surface area contributed by atoms with Gasteiger partial charge in [0.05, 0.1) is 6.04 Å². The lowest BCUT2D eigenvalue weighted by molar-refractivity contribution is -0.144. The van der Waals surface area contributed by atoms with Gasteiger partial charge in [-0.1, -0.05) is 29.8 Å². The summed E-state index contributed by atoms with van der Waals surface area (Å²) in [5.41, 5.74) is 2.15. The molecule has 1 N–H and O–H groups in total. The largest absolute Gasteiger partial charge is 0.344 e. The molecule has 1 fully saturated rings. The van der Waals surface area contributed by atoms with Crippen molar-refractivity contribution in [3.05, 3.63) is 35.4 Å². The van der Waals surface area contributed by atoms with E-state index < -0.39 is 0 Å². The number of rotatable bonds is 2. The molecular formula is C12H16N2O2. The van der Waals surface area contributed by atoms with Crippen molar-refractivity contribution in [3.8, 4) is 0 Å². The second-order valence-electron chi connectivity index (χ2n) is 4.27. The standard InChI is InChI=1S/C12H16N2O2/c1-8(2)14-12(15)13-11(16-14)10-6-4-9(3)5-7-10/h4-8,11H,1-3H3,(H,13,15). The number of carbonyl (C=O) groups excluding carboxylic acids is 1. The summed E-state index contributed by atoms with van der Waals surface area (Å²) in [6.07, 6.45) is -0.365. The molecule has 0 bridgehead atoms. The van der Waals surface area contributed by atoms with Gasteiger partial charge in [0.1, 0.15) is 0 Å². The Kier molecular flexibility index (Phi) is 2.83. The average molecular weight is 220 g/mol. The van der Waals surface area contributed by atoms with Crippen LogP contribution < -0.4 is 5.32 Å². The summed E-state index contributed by atoms with van der Waals surface area (Å²) >= 11 is 0. The predicted octanol–water partition coefficient (Wildman–Crippen LogP) is 2.36. The fraction of sp³-hybridized carbons (Fsp3) is 0.417. The molecule has 1 saturated heterocycles. The topological polar surface area (TPSA) is 41.6 Å². The van der Waals surface area contributed by atoms with E-state index in [-0.39, 0.29) is 18.3 Å². The molecule has 0 aliphatic carbocycles. The van der Waals surface area contributed by atoms with Crippen LogP contribution >= 0.6 is 0 Å². The fourth-order valence-corrected chi connectivity index (χ4v) is 1.61. The molecule has 0 saturated carbocycles. The summed E-state index contributed by atoms with van der Waals surface area (Å²) in [5.74, 6) is 0. The zero-order valence-electron chi connectivity index (χ0n) is 9.73. The van der Waals surface area contributed by atoms with Gasteiger partial charge in [0.15, 0.2) is 6.23 Å². The van der Waals surface area contributed by atoms with E-state index in [0.717, 1.165) is 5.56 Å². The average Bonchev–Trinajstić information content (AvgIpc) is 2.61. The molecule has 0 radical (unpaired) electrons. The Morgan fingerprint density at radius 3 is 2.44 bits per heavy atom. The van der Waals surface area contributed by atoms with E-state index in [1.54, 1.807) is 0 Å². The number of hydrogen-bond acceptors (Lipinski definition) is 2. The molecular weight excluding hydrogens is 204 g/mol. The van der Waals surface area contributed by atoms with Crippen molar-refractivity contribution in [1.29, 1.82) is 0 Å². The van der Waals surface area contributed by atoms with Crippen LogP contribution in [0.5, 0.6) is 0 Å². The van der Waals surface area contributed by atoms with Gasteiger partial charge >= 0.3 is 6.03 Å². The maximum Gasteiger partial charge on any atom is 0.344 e. The first-order valence-corrected chi connectivity index (χ1v) is 5.41. The Labute approximate surface area is 95.2 Å². The monoisotopic (exact) mass is 220 g/mol. The number of aryl methyl sites for hydroxylation is 1. The van der Waals surface area contributed by atoms with Crippen LogP contribution in [0, 0.1) is 6.92 Å². The zero-order valence-corrected chi connectivity index (χ0v) is 9.73. The van der Waals surface area contributed by atoms with Crippen LogP contribution in [0.1, 0.15) is 31.2 Å². The minimum Gasteiger partial charge on any atom is -0.305 e. The predicted molar refractivity (Wildman–Crippen MR) is 60.5 cm³/mol. The number of benzene rings is 1. The van der Waals surface area contributed by atoms with E-state index in [0.29, 0.717) is 0 Å². The van der Waals surface area contributed by atoms with Gasteiger partial charge in [0.2, 0.25) is 0 Å². The van der Waals surface area contributed by atoms with Crippen LogP contribution in [-0.2, 0) is 4.84 Å². The molecule has 0 spiro atoms. The van der Waals surface area contributed by atoms with Crippen molar-refractivity contribution in [2.75, 3.05) is 0 Å². The molecule has 1 atom stereocenters. The molecule has 4 nitrogen and oxygen atoms in total. The molecule has 16 heavy (non-hydrogen) atoms. The Morgan fingerprint density at radius 2 is 1.94 bits per heavy atom. The number of amides is 2. The van der Waals surface area contributed by atoms with Gasteiger partial charge in [-0.2, -0.15) is 5.06 Å². The molecule has 86 valence electrons. The lowest BCUT2D eigenvalue weighted by atomic mass is 10.1. The Bertz CT molecular complexity index is 387. The second kappa shape index (κ2) is 4.14. The van der Waals surface area contributed by atoms with Gasteiger partial charge in [-0.15, -0.1) is 0 Å². The minimum absolute atomic E-state index is 0.0375. The van der Waals surface area contributed by atoms with E-state index in [2.05, 4.69) is 5.32 Å². The molecule has 1 aliphatic rings. The first-order valence-electron chi connectivity index (χ1n) is 5.41. The molecule has 1 aliphatic heterocycles. The molecule has 1 unspecified atom stereocenters. The zero-order chi connectivity index (χ0) is 11.7. The summed E-state index contributed by atoms with van der Waals surface area (Å²) in [6.45, 7) is 5.85. The number of hydroxylamine groups is 2. The first-order chi connectivity index (χ1) is 7.58.